The second-order valence-electron chi connectivity index (χ2n) is 4.94. The second kappa shape index (κ2) is 8.74. The highest BCUT2D eigenvalue weighted by molar-refractivity contribution is 5.51. The third kappa shape index (κ3) is 4.79. The molecule has 5 nitrogen and oxygen atoms in total. The van der Waals surface area contributed by atoms with Gasteiger partial charge < -0.3 is 24.3 Å². The Morgan fingerprint density at radius 1 is 0.952 bits per heavy atom. The Bertz CT molecular complexity index is 435. The molecule has 1 rings (SSSR count). The van der Waals surface area contributed by atoms with Crippen LogP contribution in [0.2, 0.25) is 0 Å². The number of hydrogen-bond acceptors (Lipinski definition) is 5. The van der Waals surface area contributed by atoms with Gasteiger partial charge in [-0.1, -0.05) is 6.92 Å². The van der Waals surface area contributed by atoms with E-state index in [1.165, 1.54) is 0 Å². The second-order valence-corrected chi connectivity index (χ2v) is 4.94. The Morgan fingerprint density at radius 2 is 1.52 bits per heavy atom. The Morgan fingerprint density at radius 3 is 2.00 bits per heavy atom. The van der Waals surface area contributed by atoms with Crippen molar-refractivity contribution in [1.29, 1.82) is 0 Å². The highest BCUT2D eigenvalue weighted by atomic mass is 16.5. The summed E-state index contributed by atoms with van der Waals surface area (Å²) in [7, 11) is 4.89. The Hall–Kier alpha value is -1.46. The molecule has 1 unspecified atom stereocenters. The maximum atomic E-state index is 5.75. The van der Waals surface area contributed by atoms with Gasteiger partial charge in [0, 0.05) is 11.6 Å². The average molecular weight is 297 g/mol. The summed E-state index contributed by atoms with van der Waals surface area (Å²) in [5.74, 6) is 2.09. The van der Waals surface area contributed by atoms with Crippen molar-refractivity contribution in [3.05, 3.63) is 17.7 Å². The molecule has 1 aromatic rings. The molecule has 120 valence electrons. The minimum absolute atomic E-state index is 0.0344. The summed E-state index contributed by atoms with van der Waals surface area (Å²) < 4.78 is 21.9. The molecule has 5 heteroatoms. The zero-order valence-electron chi connectivity index (χ0n) is 13.9. The molecule has 1 aromatic carbocycles. The number of ether oxygens (including phenoxy) is 4. The van der Waals surface area contributed by atoms with Crippen molar-refractivity contribution in [2.75, 3.05) is 34.5 Å². The Kier molecular flexibility index (Phi) is 7.32. The largest absolute Gasteiger partial charge is 0.496 e. The van der Waals surface area contributed by atoms with Gasteiger partial charge in [0.15, 0.2) is 11.5 Å². The number of hydrogen-bond donors (Lipinski definition) is 1. The average Bonchev–Trinajstić information content (AvgIpc) is 2.49. The first-order valence-electron chi connectivity index (χ1n) is 7.22. The van der Waals surface area contributed by atoms with E-state index >= 15 is 0 Å². The van der Waals surface area contributed by atoms with Crippen LogP contribution in [0.15, 0.2) is 12.1 Å². The lowest BCUT2D eigenvalue weighted by Crippen LogP contribution is -2.27. The Labute approximate surface area is 127 Å². The highest BCUT2D eigenvalue weighted by Crippen LogP contribution is 2.37. The van der Waals surface area contributed by atoms with Gasteiger partial charge in [0.25, 0.3) is 0 Å². The molecule has 0 radical (unpaired) electrons. The van der Waals surface area contributed by atoms with Crippen molar-refractivity contribution in [2.24, 2.45) is 0 Å². The van der Waals surface area contributed by atoms with Gasteiger partial charge in [0.2, 0.25) is 0 Å². The molecule has 0 saturated heterocycles. The minimum atomic E-state index is 0.0344. The molecule has 0 aliphatic carbocycles. The molecule has 0 fully saturated rings. The van der Waals surface area contributed by atoms with Crippen molar-refractivity contribution in [1.82, 2.24) is 5.32 Å². The summed E-state index contributed by atoms with van der Waals surface area (Å²) in [6.45, 7) is 7.51. The lowest BCUT2D eigenvalue weighted by atomic mass is 10.0. The van der Waals surface area contributed by atoms with Crippen LogP contribution in [0, 0.1) is 0 Å². The van der Waals surface area contributed by atoms with E-state index in [2.05, 4.69) is 12.2 Å². The number of methoxy groups -OCH3 is 3. The molecule has 21 heavy (non-hydrogen) atoms. The van der Waals surface area contributed by atoms with Crippen molar-refractivity contribution >= 4 is 0 Å². The van der Waals surface area contributed by atoms with Crippen LogP contribution in [0.1, 0.15) is 32.4 Å². The topological polar surface area (TPSA) is 49.0 Å². The molecule has 0 aromatic heterocycles. The van der Waals surface area contributed by atoms with Crippen molar-refractivity contribution in [2.45, 2.75) is 32.9 Å². The van der Waals surface area contributed by atoms with Crippen LogP contribution in [-0.4, -0.2) is 40.6 Å². The molecule has 0 heterocycles. The zero-order chi connectivity index (χ0) is 15.8. The van der Waals surface area contributed by atoms with Gasteiger partial charge in [0.1, 0.15) is 5.75 Å². The lowest BCUT2D eigenvalue weighted by molar-refractivity contribution is 0.0609. The van der Waals surface area contributed by atoms with E-state index in [9.17, 15) is 0 Å². The molecule has 0 amide bonds. The van der Waals surface area contributed by atoms with Gasteiger partial charge in [-0.2, -0.15) is 0 Å². The third-order valence-electron chi connectivity index (χ3n) is 3.16. The standard InChI is InChI=1S/C16H27NO4/c1-7-17-13(10-21-11(2)3)12-8-15(19-5)16(20-6)9-14(12)18-4/h8-9,11,13,17H,7,10H2,1-6H3. The van der Waals surface area contributed by atoms with Crippen LogP contribution in [0.5, 0.6) is 17.2 Å². The van der Waals surface area contributed by atoms with E-state index < -0.39 is 0 Å². The molecule has 1 atom stereocenters. The van der Waals surface area contributed by atoms with Gasteiger partial charge >= 0.3 is 0 Å². The first-order valence-corrected chi connectivity index (χ1v) is 7.22. The predicted octanol–water partition coefficient (Wildman–Crippen LogP) is 2.79. The van der Waals surface area contributed by atoms with E-state index in [0.717, 1.165) is 17.9 Å². The monoisotopic (exact) mass is 297 g/mol. The van der Waals surface area contributed by atoms with E-state index in [1.807, 2.05) is 26.0 Å². The molecule has 0 bridgehead atoms. The summed E-state index contributed by atoms with van der Waals surface area (Å²) >= 11 is 0. The van der Waals surface area contributed by atoms with Crippen LogP contribution in [0.4, 0.5) is 0 Å². The zero-order valence-corrected chi connectivity index (χ0v) is 13.9. The van der Waals surface area contributed by atoms with E-state index in [1.54, 1.807) is 21.3 Å². The quantitative estimate of drug-likeness (QED) is 0.759. The van der Waals surface area contributed by atoms with Gasteiger partial charge in [-0.05, 0) is 26.5 Å². The summed E-state index contributed by atoms with van der Waals surface area (Å²) in [6, 6.07) is 3.81. The number of nitrogens with one attached hydrogen (secondary N) is 1. The van der Waals surface area contributed by atoms with Crippen molar-refractivity contribution in [3.63, 3.8) is 0 Å². The maximum Gasteiger partial charge on any atom is 0.164 e. The van der Waals surface area contributed by atoms with E-state index in [-0.39, 0.29) is 12.1 Å². The molecule has 0 aliphatic heterocycles. The lowest BCUT2D eigenvalue weighted by Gasteiger charge is -2.23. The van der Waals surface area contributed by atoms with Crippen LogP contribution in [0.25, 0.3) is 0 Å². The molecule has 1 N–H and O–H groups in total. The minimum Gasteiger partial charge on any atom is -0.496 e. The number of rotatable bonds is 9. The molecule has 0 aliphatic rings. The fourth-order valence-electron chi connectivity index (χ4n) is 2.12. The molecule has 0 saturated carbocycles. The number of likely N-dealkylation sites (N-methyl/N-ethyl adjacent to an activating group) is 1. The van der Waals surface area contributed by atoms with Gasteiger partial charge in [0.05, 0.1) is 40.1 Å². The van der Waals surface area contributed by atoms with Gasteiger partial charge in [-0.15, -0.1) is 0 Å². The van der Waals surface area contributed by atoms with Crippen LogP contribution in [0.3, 0.4) is 0 Å². The SMILES string of the molecule is CCNC(COC(C)C)c1cc(OC)c(OC)cc1OC. The predicted molar refractivity (Wildman–Crippen MR) is 83.6 cm³/mol. The fraction of sp³-hybridized carbons (Fsp3) is 0.625. The normalized spacial score (nSPS) is 12.3. The maximum absolute atomic E-state index is 5.75. The first kappa shape index (κ1) is 17.6. The van der Waals surface area contributed by atoms with Crippen molar-refractivity contribution < 1.29 is 18.9 Å². The van der Waals surface area contributed by atoms with Gasteiger partial charge in [-0.3, -0.25) is 0 Å². The van der Waals surface area contributed by atoms with Crippen LogP contribution in [-0.2, 0) is 4.74 Å². The number of benzene rings is 1. The highest BCUT2D eigenvalue weighted by Gasteiger charge is 2.20. The van der Waals surface area contributed by atoms with Crippen LogP contribution < -0.4 is 19.5 Å². The molecular formula is C16H27NO4. The Balaban J connectivity index is 3.15. The summed E-state index contributed by atoms with van der Waals surface area (Å²) in [6.07, 6.45) is 0.178. The van der Waals surface area contributed by atoms with Crippen LogP contribution >= 0.6 is 0 Å². The third-order valence-corrected chi connectivity index (χ3v) is 3.16. The van der Waals surface area contributed by atoms with E-state index in [4.69, 9.17) is 18.9 Å². The fourth-order valence-corrected chi connectivity index (χ4v) is 2.12. The molecule has 0 spiro atoms. The van der Waals surface area contributed by atoms with E-state index in [0.29, 0.717) is 18.1 Å². The summed E-state index contributed by atoms with van der Waals surface area (Å²) in [5, 5.41) is 3.42. The van der Waals surface area contributed by atoms with Gasteiger partial charge in [-0.25, -0.2) is 0 Å². The first-order chi connectivity index (χ1) is 10.1. The smallest absolute Gasteiger partial charge is 0.164 e. The van der Waals surface area contributed by atoms with Crippen molar-refractivity contribution in [3.8, 4) is 17.2 Å². The summed E-state index contributed by atoms with van der Waals surface area (Å²) in [5.41, 5.74) is 0.998. The summed E-state index contributed by atoms with van der Waals surface area (Å²) in [4.78, 5) is 0. The molecular weight excluding hydrogens is 270 g/mol.